The van der Waals surface area contributed by atoms with Gasteiger partial charge in [-0.3, -0.25) is 4.79 Å². The lowest BCUT2D eigenvalue weighted by Gasteiger charge is -2.15. The summed E-state index contributed by atoms with van der Waals surface area (Å²) in [5, 5.41) is 0.354. The van der Waals surface area contributed by atoms with E-state index >= 15 is 0 Å². The Kier molecular flexibility index (Phi) is 7.14. The van der Waals surface area contributed by atoms with Gasteiger partial charge in [0.2, 0.25) is 0 Å². The number of benzene rings is 2. The van der Waals surface area contributed by atoms with Crippen LogP contribution in [0.25, 0.3) is 0 Å². The molecule has 0 N–H and O–H groups in total. The molecular weight excluding hydrogens is 363 g/mol. The number of rotatable bonds is 7. The minimum Gasteiger partial charge on any atom is -0.487 e. The molecule has 25 heavy (non-hydrogen) atoms. The molecule has 134 valence electrons. The van der Waals surface area contributed by atoms with Gasteiger partial charge in [-0.25, -0.2) is 4.39 Å². The molecule has 0 aliphatic rings. The van der Waals surface area contributed by atoms with E-state index in [9.17, 15) is 9.18 Å². The monoisotopic (exact) mass is 382 g/mol. The molecule has 0 bridgehead atoms. The van der Waals surface area contributed by atoms with Crippen LogP contribution in [0, 0.1) is 5.82 Å². The number of ether oxygens (including phenoxy) is 2. The maximum absolute atomic E-state index is 14.0. The van der Waals surface area contributed by atoms with E-state index in [4.69, 9.17) is 21.1 Å². The van der Waals surface area contributed by atoms with Crippen molar-refractivity contribution < 1.29 is 18.7 Å². The summed E-state index contributed by atoms with van der Waals surface area (Å²) < 4.78 is 25.1. The van der Waals surface area contributed by atoms with Crippen LogP contribution in [0.2, 0.25) is 5.02 Å². The first kappa shape index (κ1) is 19.6. The summed E-state index contributed by atoms with van der Waals surface area (Å²) in [6, 6.07) is 8.31. The predicted octanol–water partition coefficient (Wildman–Crippen LogP) is 5.66. The molecule has 0 spiro atoms. The second-order valence-corrected chi connectivity index (χ2v) is 6.54. The van der Waals surface area contributed by atoms with E-state index in [-0.39, 0.29) is 30.6 Å². The number of carbonyl (C=O) groups excluding carboxylic acids is 1. The van der Waals surface area contributed by atoms with Crippen molar-refractivity contribution in [2.45, 2.75) is 38.2 Å². The van der Waals surface area contributed by atoms with Crippen molar-refractivity contribution in [2.24, 2.45) is 0 Å². The Morgan fingerprint density at radius 2 is 2.00 bits per heavy atom. The average Bonchev–Trinajstić information content (AvgIpc) is 2.62. The Morgan fingerprint density at radius 3 is 2.64 bits per heavy atom. The summed E-state index contributed by atoms with van der Waals surface area (Å²) in [7, 11) is 0. The van der Waals surface area contributed by atoms with E-state index < -0.39 is 0 Å². The number of thioether (sulfide) groups is 1. The van der Waals surface area contributed by atoms with Crippen molar-refractivity contribution in [1.29, 1.82) is 0 Å². The molecule has 0 unspecified atom stereocenters. The standard InChI is InChI=1S/C19H20ClFO3S/c1-4-12-9-14(20)17(10-15(12)21)23-11-13-16(24-19(22)5-2)7-6-8-18(13)25-3/h6-10H,4-5,11H2,1-3H3. The first-order chi connectivity index (χ1) is 12.0. The van der Waals surface area contributed by atoms with Crippen LogP contribution in [0.3, 0.4) is 0 Å². The maximum Gasteiger partial charge on any atom is 0.310 e. The van der Waals surface area contributed by atoms with Crippen LogP contribution in [0.15, 0.2) is 35.2 Å². The van der Waals surface area contributed by atoms with E-state index in [0.29, 0.717) is 22.8 Å². The normalized spacial score (nSPS) is 10.6. The fraction of sp³-hybridized carbons (Fsp3) is 0.316. The van der Waals surface area contributed by atoms with E-state index in [0.717, 1.165) is 10.5 Å². The molecule has 0 atom stereocenters. The van der Waals surface area contributed by atoms with Crippen molar-refractivity contribution in [1.82, 2.24) is 0 Å². The van der Waals surface area contributed by atoms with Gasteiger partial charge in [0.15, 0.2) is 0 Å². The summed E-state index contributed by atoms with van der Waals surface area (Å²) in [5.41, 5.74) is 1.27. The quantitative estimate of drug-likeness (QED) is 0.351. The van der Waals surface area contributed by atoms with E-state index in [1.807, 2.05) is 25.3 Å². The number of hydrogen-bond acceptors (Lipinski definition) is 4. The van der Waals surface area contributed by atoms with Crippen molar-refractivity contribution in [3.8, 4) is 11.5 Å². The van der Waals surface area contributed by atoms with Crippen LogP contribution in [-0.2, 0) is 17.8 Å². The van der Waals surface area contributed by atoms with Crippen molar-refractivity contribution in [2.75, 3.05) is 6.26 Å². The second-order valence-electron chi connectivity index (χ2n) is 5.28. The van der Waals surface area contributed by atoms with Crippen molar-refractivity contribution >= 4 is 29.3 Å². The summed E-state index contributed by atoms with van der Waals surface area (Å²) >= 11 is 7.70. The maximum atomic E-state index is 14.0. The van der Waals surface area contributed by atoms with Gasteiger partial charge < -0.3 is 9.47 Å². The summed E-state index contributed by atoms with van der Waals surface area (Å²) in [6.07, 6.45) is 2.75. The van der Waals surface area contributed by atoms with Crippen molar-refractivity contribution in [3.63, 3.8) is 0 Å². The first-order valence-corrected chi connectivity index (χ1v) is 9.57. The molecule has 0 aliphatic carbocycles. The van der Waals surface area contributed by atoms with E-state index in [2.05, 4.69) is 0 Å². The fourth-order valence-electron chi connectivity index (χ4n) is 2.27. The average molecular weight is 383 g/mol. The molecule has 2 aromatic carbocycles. The molecule has 0 saturated carbocycles. The third-order valence-corrected chi connectivity index (χ3v) is 4.79. The van der Waals surface area contributed by atoms with Gasteiger partial charge in [-0.1, -0.05) is 31.5 Å². The third kappa shape index (κ3) is 4.89. The number of carbonyl (C=O) groups is 1. The molecule has 0 heterocycles. The molecule has 0 amide bonds. The molecule has 0 aliphatic heterocycles. The summed E-state index contributed by atoms with van der Waals surface area (Å²) in [5.74, 6) is 0.0362. The topological polar surface area (TPSA) is 35.5 Å². The molecule has 2 rings (SSSR count). The third-order valence-electron chi connectivity index (χ3n) is 3.68. The van der Waals surface area contributed by atoms with Crippen molar-refractivity contribution in [3.05, 3.63) is 52.3 Å². The Hall–Kier alpha value is -1.72. The SMILES string of the molecule is CCC(=O)Oc1cccc(SC)c1COc1cc(F)c(CC)cc1Cl. The molecule has 2 aromatic rings. The Labute approximate surface area is 156 Å². The molecule has 6 heteroatoms. The van der Waals surface area contributed by atoms with Crippen LogP contribution < -0.4 is 9.47 Å². The highest BCUT2D eigenvalue weighted by atomic mass is 35.5. The molecule has 0 aromatic heterocycles. The van der Waals surface area contributed by atoms with Crippen LogP contribution in [0.1, 0.15) is 31.4 Å². The number of halogens is 2. The lowest BCUT2D eigenvalue weighted by atomic mass is 10.1. The van der Waals surface area contributed by atoms with Gasteiger partial charge in [-0.15, -0.1) is 11.8 Å². The predicted molar refractivity (Wildman–Crippen MR) is 99.3 cm³/mol. The van der Waals surface area contributed by atoms with Crippen LogP contribution in [0.4, 0.5) is 4.39 Å². The number of aryl methyl sites for hydroxylation is 1. The van der Waals surface area contributed by atoms with Gasteiger partial charge in [-0.05, 0) is 36.4 Å². The van der Waals surface area contributed by atoms with E-state index in [1.54, 1.807) is 19.1 Å². The van der Waals surface area contributed by atoms with Gasteiger partial charge in [-0.2, -0.15) is 0 Å². The number of esters is 1. The Bertz CT molecular complexity index is 765. The molecule has 0 fully saturated rings. The molecular formula is C19H20ClFO3S. The largest absolute Gasteiger partial charge is 0.487 e. The zero-order valence-corrected chi connectivity index (χ0v) is 16.0. The fourth-order valence-corrected chi connectivity index (χ4v) is 3.13. The Balaban J connectivity index is 2.28. The zero-order chi connectivity index (χ0) is 18.4. The smallest absolute Gasteiger partial charge is 0.310 e. The number of hydrogen-bond donors (Lipinski definition) is 0. The highest BCUT2D eigenvalue weighted by molar-refractivity contribution is 7.98. The van der Waals surface area contributed by atoms with Crippen LogP contribution >= 0.6 is 23.4 Å². The van der Waals surface area contributed by atoms with Gasteiger partial charge in [0, 0.05) is 22.9 Å². The highest BCUT2D eigenvalue weighted by Crippen LogP contribution is 2.33. The lowest BCUT2D eigenvalue weighted by Crippen LogP contribution is -2.09. The lowest BCUT2D eigenvalue weighted by molar-refractivity contribution is -0.134. The highest BCUT2D eigenvalue weighted by Gasteiger charge is 2.15. The summed E-state index contributed by atoms with van der Waals surface area (Å²) in [4.78, 5) is 12.6. The van der Waals surface area contributed by atoms with Crippen LogP contribution in [-0.4, -0.2) is 12.2 Å². The van der Waals surface area contributed by atoms with Gasteiger partial charge in [0.05, 0.1) is 5.02 Å². The van der Waals surface area contributed by atoms with Gasteiger partial charge >= 0.3 is 5.97 Å². The first-order valence-electron chi connectivity index (χ1n) is 7.97. The second kappa shape index (κ2) is 9.11. The minimum atomic E-state index is -0.349. The summed E-state index contributed by atoms with van der Waals surface area (Å²) in [6.45, 7) is 3.71. The van der Waals surface area contributed by atoms with Gasteiger partial charge in [0.25, 0.3) is 0 Å². The zero-order valence-electron chi connectivity index (χ0n) is 14.4. The van der Waals surface area contributed by atoms with E-state index in [1.165, 1.54) is 17.8 Å². The molecule has 0 radical (unpaired) electrons. The minimum absolute atomic E-state index is 0.119. The Morgan fingerprint density at radius 1 is 1.24 bits per heavy atom. The molecule has 0 saturated heterocycles. The molecule has 3 nitrogen and oxygen atoms in total. The van der Waals surface area contributed by atoms with Gasteiger partial charge in [0.1, 0.15) is 23.9 Å². The van der Waals surface area contributed by atoms with Crippen LogP contribution in [0.5, 0.6) is 11.5 Å².